The Balaban J connectivity index is 2.22. The van der Waals surface area contributed by atoms with Gasteiger partial charge in [-0.2, -0.15) is 0 Å². The van der Waals surface area contributed by atoms with Gasteiger partial charge in [0.2, 0.25) is 0 Å². The predicted octanol–water partition coefficient (Wildman–Crippen LogP) is 2.25. The number of hydrogen-bond donors (Lipinski definition) is 1. The number of aryl methyl sites for hydroxylation is 2. The third-order valence-corrected chi connectivity index (χ3v) is 5.95. The Morgan fingerprint density at radius 2 is 1.95 bits per heavy atom. The molecule has 1 aromatic carbocycles. The van der Waals surface area contributed by atoms with Crippen molar-refractivity contribution < 1.29 is 8.42 Å². The molecule has 1 aliphatic heterocycles. The van der Waals surface area contributed by atoms with Gasteiger partial charge in [0, 0.05) is 6.04 Å². The molecule has 2 rings (SSSR count). The molecule has 0 radical (unpaired) electrons. The van der Waals surface area contributed by atoms with Crippen LogP contribution in [-0.4, -0.2) is 19.9 Å². The second-order valence-corrected chi connectivity index (χ2v) is 7.65. The molecule has 106 valence electrons. The Morgan fingerprint density at radius 3 is 2.47 bits per heavy atom. The molecule has 19 heavy (non-hydrogen) atoms. The first kappa shape index (κ1) is 14.5. The van der Waals surface area contributed by atoms with Gasteiger partial charge in [-0.15, -0.1) is 0 Å². The van der Waals surface area contributed by atoms with E-state index in [1.165, 1.54) is 11.1 Å². The smallest absolute Gasteiger partial charge is 0.150 e. The number of sulfone groups is 1. The Kier molecular flexibility index (Phi) is 4.31. The molecule has 0 bridgehead atoms. The lowest BCUT2D eigenvalue weighted by Gasteiger charge is -2.20. The minimum Gasteiger partial charge on any atom is -0.324 e. The number of hydrogen-bond acceptors (Lipinski definition) is 3. The molecule has 0 saturated carbocycles. The third-order valence-electron chi connectivity index (χ3n) is 4.15. The van der Waals surface area contributed by atoms with Crippen LogP contribution in [0.4, 0.5) is 0 Å². The SMILES string of the molecule is CCc1ccc(C(N)C2CCS(=O)(=O)C2)cc1CC. The summed E-state index contributed by atoms with van der Waals surface area (Å²) in [6.07, 6.45) is 2.71. The Hall–Kier alpha value is -0.870. The van der Waals surface area contributed by atoms with E-state index in [1.807, 2.05) is 0 Å². The van der Waals surface area contributed by atoms with Crippen LogP contribution in [0.5, 0.6) is 0 Å². The molecular formula is C15H23NO2S. The summed E-state index contributed by atoms with van der Waals surface area (Å²) in [4.78, 5) is 0. The molecule has 0 aromatic heterocycles. The zero-order valence-corrected chi connectivity index (χ0v) is 12.5. The minimum absolute atomic E-state index is 0.0715. The van der Waals surface area contributed by atoms with Crippen LogP contribution in [0.15, 0.2) is 18.2 Å². The Morgan fingerprint density at radius 1 is 1.26 bits per heavy atom. The average Bonchev–Trinajstić information content (AvgIpc) is 2.77. The summed E-state index contributed by atoms with van der Waals surface area (Å²) in [5.41, 5.74) is 10.0. The summed E-state index contributed by atoms with van der Waals surface area (Å²) in [5.74, 6) is 0.603. The predicted molar refractivity (Wildman–Crippen MR) is 78.9 cm³/mol. The maximum Gasteiger partial charge on any atom is 0.150 e. The van der Waals surface area contributed by atoms with Crippen molar-refractivity contribution in [2.75, 3.05) is 11.5 Å². The van der Waals surface area contributed by atoms with Gasteiger partial charge in [-0.3, -0.25) is 0 Å². The summed E-state index contributed by atoms with van der Waals surface area (Å²) in [5, 5.41) is 0. The maximum absolute atomic E-state index is 11.5. The molecule has 0 spiro atoms. The summed E-state index contributed by atoms with van der Waals surface area (Å²) in [6, 6.07) is 6.20. The topological polar surface area (TPSA) is 60.2 Å². The second-order valence-electron chi connectivity index (χ2n) is 5.42. The van der Waals surface area contributed by atoms with Crippen molar-refractivity contribution in [3.05, 3.63) is 34.9 Å². The van der Waals surface area contributed by atoms with E-state index in [-0.39, 0.29) is 17.7 Å². The first-order valence-electron chi connectivity index (χ1n) is 7.04. The van der Waals surface area contributed by atoms with Crippen LogP contribution in [0.2, 0.25) is 0 Å². The van der Waals surface area contributed by atoms with Crippen molar-refractivity contribution in [1.82, 2.24) is 0 Å². The largest absolute Gasteiger partial charge is 0.324 e. The van der Waals surface area contributed by atoms with E-state index >= 15 is 0 Å². The minimum atomic E-state index is -2.86. The molecule has 4 heteroatoms. The summed E-state index contributed by atoms with van der Waals surface area (Å²) in [7, 11) is -2.86. The van der Waals surface area contributed by atoms with E-state index in [0.717, 1.165) is 18.4 Å². The van der Waals surface area contributed by atoms with Crippen LogP contribution in [0.1, 0.15) is 43.0 Å². The second kappa shape index (κ2) is 5.63. The van der Waals surface area contributed by atoms with Crippen molar-refractivity contribution in [3.63, 3.8) is 0 Å². The molecule has 2 unspecified atom stereocenters. The Bertz CT molecular complexity index is 551. The average molecular weight is 281 g/mol. The van der Waals surface area contributed by atoms with Gasteiger partial charge in [-0.05, 0) is 41.9 Å². The van der Waals surface area contributed by atoms with Crippen molar-refractivity contribution in [1.29, 1.82) is 0 Å². The molecule has 0 aliphatic carbocycles. The fraction of sp³-hybridized carbons (Fsp3) is 0.600. The van der Waals surface area contributed by atoms with E-state index < -0.39 is 9.84 Å². The highest BCUT2D eigenvalue weighted by atomic mass is 32.2. The van der Waals surface area contributed by atoms with Gasteiger partial charge in [0.15, 0.2) is 9.84 Å². The fourth-order valence-electron chi connectivity index (χ4n) is 2.91. The van der Waals surface area contributed by atoms with Crippen LogP contribution >= 0.6 is 0 Å². The zero-order chi connectivity index (χ0) is 14.0. The third kappa shape index (κ3) is 3.18. The highest BCUT2D eigenvalue weighted by Gasteiger charge is 2.32. The zero-order valence-electron chi connectivity index (χ0n) is 11.7. The van der Waals surface area contributed by atoms with Gasteiger partial charge >= 0.3 is 0 Å². The molecule has 1 aromatic rings. The van der Waals surface area contributed by atoms with Gasteiger partial charge in [-0.25, -0.2) is 8.42 Å². The van der Waals surface area contributed by atoms with E-state index in [1.54, 1.807) is 0 Å². The van der Waals surface area contributed by atoms with Crippen LogP contribution in [0.25, 0.3) is 0 Å². The summed E-state index contributed by atoms with van der Waals surface area (Å²) < 4.78 is 23.1. The highest BCUT2D eigenvalue weighted by molar-refractivity contribution is 7.91. The van der Waals surface area contributed by atoms with Crippen molar-refractivity contribution in [2.45, 2.75) is 39.2 Å². The fourth-order valence-corrected chi connectivity index (χ4v) is 4.76. The Labute approximate surface area is 116 Å². The number of benzene rings is 1. The number of rotatable bonds is 4. The van der Waals surface area contributed by atoms with E-state index in [9.17, 15) is 8.42 Å². The normalized spacial score (nSPS) is 23.4. The monoisotopic (exact) mass is 281 g/mol. The van der Waals surface area contributed by atoms with Gasteiger partial charge in [0.1, 0.15) is 0 Å². The van der Waals surface area contributed by atoms with Gasteiger partial charge < -0.3 is 5.73 Å². The van der Waals surface area contributed by atoms with Crippen molar-refractivity contribution in [3.8, 4) is 0 Å². The standard InChI is InChI=1S/C15H23NO2S/c1-3-11-5-6-13(9-12(11)4-2)15(16)14-7-8-19(17,18)10-14/h5-6,9,14-15H,3-4,7-8,10,16H2,1-2H3. The van der Waals surface area contributed by atoms with E-state index in [4.69, 9.17) is 5.73 Å². The van der Waals surface area contributed by atoms with Crippen LogP contribution in [0, 0.1) is 5.92 Å². The van der Waals surface area contributed by atoms with Crippen molar-refractivity contribution in [2.24, 2.45) is 11.7 Å². The highest BCUT2D eigenvalue weighted by Crippen LogP contribution is 2.30. The molecule has 1 heterocycles. The van der Waals surface area contributed by atoms with Gasteiger partial charge in [0.05, 0.1) is 11.5 Å². The quantitative estimate of drug-likeness (QED) is 0.920. The number of nitrogens with two attached hydrogens (primary N) is 1. The lowest BCUT2D eigenvalue weighted by atomic mass is 9.90. The summed E-state index contributed by atoms with van der Waals surface area (Å²) in [6.45, 7) is 4.29. The molecule has 0 amide bonds. The molecule has 2 atom stereocenters. The van der Waals surface area contributed by atoms with Crippen molar-refractivity contribution >= 4 is 9.84 Å². The first-order valence-corrected chi connectivity index (χ1v) is 8.86. The molecule has 1 aliphatic rings. The van der Waals surface area contributed by atoms with Gasteiger partial charge in [0.25, 0.3) is 0 Å². The maximum atomic E-state index is 11.5. The van der Waals surface area contributed by atoms with Crippen LogP contribution in [-0.2, 0) is 22.7 Å². The van der Waals surface area contributed by atoms with E-state index in [0.29, 0.717) is 12.2 Å². The van der Waals surface area contributed by atoms with Gasteiger partial charge in [-0.1, -0.05) is 32.0 Å². The van der Waals surface area contributed by atoms with E-state index in [2.05, 4.69) is 32.0 Å². The lowest BCUT2D eigenvalue weighted by molar-refractivity contribution is 0.479. The van der Waals surface area contributed by atoms with Crippen LogP contribution in [0.3, 0.4) is 0 Å². The first-order chi connectivity index (χ1) is 8.96. The molecule has 3 nitrogen and oxygen atoms in total. The molecule has 1 fully saturated rings. The van der Waals surface area contributed by atoms with Crippen LogP contribution < -0.4 is 5.73 Å². The molecule has 2 N–H and O–H groups in total. The summed E-state index contributed by atoms with van der Waals surface area (Å²) >= 11 is 0. The molecule has 1 saturated heterocycles. The molecular weight excluding hydrogens is 258 g/mol. The lowest BCUT2D eigenvalue weighted by Crippen LogP contribution is -2.22.